The van der Waals surface area contributed by atoms with Crippen LogP contribution in [-0.4, -0.2) is 4.98 Å². The highest BCUT2D eigenvalue weighted by Crippen LogP contribution is 2.21. The maximum Gasteiger partial charge on any atom is 0.257 e. The number of hydrogen-bond acceptors (Lipinski definition) is 0. The second kappa shape index (κ2) is 24.5. The van der Waals surface area contributed by atoms with Crippen LogP contribution in [0.1, 0.15) is 206 Å². The minimum absolute atomic E-state index is 0.620. The molecule has 0 spiro atoms. The summed E-state index contributed by atoms with van der Waals surface area (Å²) in [5, 5.41) is 0. The molecule has 0 saturated carbocycles. The Morgan fingerprint density at radius 1 is 0.528 bits per heavy atom. The van der Waals surface area contributed by atoms with Gasteiger partial charge in [-0.05, 0) is 26.2 Å². The van der Waals surface area contributed by atoms with Gasteiger partial charge in [-0.15, -0.1) is 0 Å². The Bertz CT molecular complexity index is 563. The average molecular weight is 504 g/mol. The Labute approximate surface area is 227 Å². The lowest BCUT2D eigenvalue weighted by Crippen LogP contribution is -2.40. The van der Waals surface area contributed by atoms with Crippen molar-refractivity contribution in [1.29, 1.82) is 0 Å². The van der Waals surface area contributed by atoms with Crippen molar-refractivity contribution in [2.24, 2.45) is 0 Å². The van der Waals surface area contributed by atoms with Crippen molar-refractivity contribution in [1.82, 2.24) is 4.98 Å². The Balaban J connectivity index is 2.01. The van der Waals surface area contributed by atoms with E-state index in [9.17, 15) is 0 Å². The number of rotatable bonds is 27. The summed E-state index contributed by atoms with van der Waals surface area (Å²) in [5.74, 6) is 2.09. The fourth-order valence-electron chi connectivity index (χ4n) is 5.81. The highest BCUT2D eigenvalue weighted by Gasteiger charge is 2.22. The number of aromatic amines is 1. The van der Waals surface area contributed by atoms with Crippen LogP contribution in [0.5, 0.6) is 0 Å². The van der Waals surface area contributed by atoms with Gasteiger partial charge in [0, 0.05) is 0 Å². The fourth-order valence-corrected chi connectivity index (χ4v) is 5.81. The van der Waals surface area contributed by atoms with Crippen LogP contribution in [0.15, 0.2) is 12.4 Å². The molecular weight excluding hydrogens is 436 g/mol. The first kappa shape index (κ1) is 33.2. The lowest BCUT2D eigenvalue weighted by Gasteiger charge is -2.14. The van der Waals surface area contributed by atoms with Gasteiger partial charge in [-0.25, -0.2) is 9.55 Å². The maximum absolute atomic E-state index is 3.58. The molecule has 212 valence electrons. The largest absolute Gasteiger partial charge is 0.257 e. The van der Waals surface area contributed by atoms with E-state index < -0.39 is 0 Å². The second-order valence-corrected chi connectivity index (χ2v) is 12.0. The van der Waals surface area contributed by atoms with Crippen LogP contribution in [0.2, 0.25) is 0 Å². The smallest absolute Gasteiger partial charge is 0.247 e. The molecule has 0 aliphatic heterocycles. The van der Waals surface area contributed by atoms with Crippen molar-refractivity contribution in [2.45, 2.75) is 200 Å². The molecule has 0 aliphatic rings. The second-order valence-electron chi connectivity index (χ2n) is 12.0. The maximum atomic E-state index is 3.58. The molecule has 36 heavy (non-hydrogen) atoms. The molecule has 2 heteroatoms. The van der Waals surface area contributed by atoms with Crippen molar-refractivity contribution in [3.8, 4) is 0 Å². The summed E-state index contributed by atoms with van der Waals surface area (Å²) >= 11 is 0. The van der Waals surface area contributed by atoms with Gasteiger partial charge in [0.2, 0.25) is 0 Å². The third-order valence-electron chi connectivity index (χ3n) is 8.40. The summed E-state index contributed by atoms with van der Waals surface area (Å²) in [7, 11) is 0. The van der Waals surface area contributed by atoms with Gasteiger partial charge in [0.15, 0.2) is 0 Å². The summed E-state index contributed by atoms with van der Waals surface area (Å²) in [6.45, 7) is 9.45. The number of H-pyrrole nitrogens is 1. The van der Waals surface area contributed by atoms with E-state index in [0.29, 0.717) is 12.0 Å². The Hall–Kier alpha value is -0.790. The van der Waals surface area contributed by atoms with Crippen LogP contribution in [-0.2, 0) is 0 Å². The molecule has 1 N–H and O–H groups in total. The summed E-state index contributed by atoms with van der Waals surface area (Å²) in [6, 6.07) is 0.620. The first-order chi connectivity index (χ1) is 17.7. The fraction of sp³-hybridized carbons (Fsp3) is 0.912. The first-order valence-corrected chi connectivity index (χ1v) is 16.8. The molecule has 0 fully saturated rings. The zero-order valence-electron chi connectivity index (χ0n) is 25.4. The Morgan fingerprint density at radius 2 is 0.889 bits per heavy atom. The van der Waals surface area contributed by atoms with Crippen molar-refractivity contribution in [3.63, 3.8) is 0 Å². The van der Waals surface area contributed by atoms with E-state index in [2.05, 4.69) is 49.6 Å². The van der Waals surface area contributed by atoms with Gasteiger partial charge < -0.3 is 0 Å². The summed E-state index contributed by atoms with van der Waals surface area (Å²) < 4.78 is 2.54. The molecule has 0 aliphatic carbocycles. The van der Waals surface area contributed by atoms with Crippen LogP contribution in [0.4, 0.5) is 0 Å². The quantitative estimate of drug-likeness (QED) is 0.0909. The van der Waals surface area contributed by atoms with Gasteiger partial charge in [-0.2, -0.15) is 0 Å². The molecule has 1 rings (SSSR count). The van der Waals surface area contributed by atoms with Gasteiger partial charge in [-0.3, -0.25) is 0 Å². The molecule has 0 saturated heterocycles. The Morgan fingerprint density at radius 3 is 1.31 bits per heavy atom. The minimum Gasteiger partial charge on any atom is -0.247 e. The number of aromatic nitrogens is 2. The first-order valence-electron chi connectivity index (χ1n) is 16.8. The molecule has 0 amide bonds. The zero-order chi connectivity index (χ0) is 26.1. The lowest BCUT2D eigenvalue weighted by atomic mass is 9.99. The van der Waals surface area contributed by atoms with E-state index in [4.69, 9.17) is 0 Å². The number of nitrogens with zero attached hydrogens (tertiary/aromatic N) is 1. The molecule has 0 bridgehead atoms. The standard InChI is InChI=1S/C34H66N2/c1-5-7-9-11-13-15-16-17-18-19-20-21-22-24-26-28-32(3)34-35-30-31-36(34)33(4)29-27-25-23-14-12-10-8-6-2/h30-33H,5-29H2,1-4H3/p+1. The van der Waals surface area contributed by atoms with E-state index in [1.807, 2.05) is 0 Å². The molecular formula is C34H67N2+. The van der Waals surface area contributed by atoms with Crippen LogP contribution in [0, 0.1) is 0 Å². The van der Waals surface area contributed by atoms with E-state index in [1.165, 1.54) is 166 Å². The minimum atomic E-state index is 0.620. The summed E-state index contributed by atoms with van der Waals surface area (Å²) in [6.07, 6.45) is 40.1. The lowest BCUT2D eigenvalue weighted by molar-refractivity contribution is -0.727. The molecule has 2 nitrogen and oxygen atoms in total. The molecule has 0 radical (unpaired) electrons. The number of unbranched alkanes of at least 4 members (excludes halogenated alkanes) is 21. The van der Waals surface area contributed by atoms with Crippen molar-refractivity contribution in [3.05, 3.63) is 18.2 Å². The predicted molar refractivity (Wildman–Crippen MR) is 161 cm³/mol. The summed E-state index contributed by atoms with van der Waals surface area (Å²) in [4.78, 5) is 3.58. The zero-order valence-corrected chi connectivity index (χ0v) is 25.4. The Kier molecular flexibility index (Phi) is 22.7. The van der Waals surface area contributed by atoms with Crippen LogP contribution in [0.3, 0.4) is 0 Å². The molecule has 1 aromatic rings. The predicted octanol–water partition coefficient (Wildman–Crippen LogP) is 11.8. The van der Waals surface area contributed by atoms with Gasteiger partial charge in [0.05, 0.1) is 12.0 Å². The third kappa shape index (κ3) is 17.6. The SMILES string of the molecule is CCCCCCCCCCCCCCCCCC(C)c1[nH]cc[n+]1C(C)CCCCCCCCCC. The number of nitrogens with one attached hydrogen (secondary N) is 1. The van der Waals surface area contributed by atoms with Gasteiger partial charge in [-0.1, -0.05) is 162 Å². The third-order valence-corrected chi connectivity index (χ3v) is 8.40. The molecule has 1 aromatic heterocycles. The highest BCUT2D eigenvalue weighted by molar-refractivity contribution is 4.87. The summed E-state index contributed by atoms with van der Waals surface area (Å²) in [5.41, 5.74) is 0. The van der Waals surface area contributed by atoms with E-state index in [-0.39, 0.29) is 0 Å². The van der Waals surface area contributed by atoms with E-state index in [1.54, 1.807) is 0 Å². The molecule has 0 aromatic carbocycles. The van der Waals surface area contributed by atoms with Gasteiger partial charge in [0.25, 0.3) is 5.82 Å². The van der Waals surface area contributed by atoms with Crippen LogP contribution >= 0.6 is 0 Å². The highest BCUT2D eigenvalue weighted by atomic mass is 15.1. The van der Waals surface area contributed by atoms with Crippen LogP contribution < -0.4 is 4.57 Å². The van der Waals surface area contributed by atoms with Crippen molar-refractivity contribution in [2.75, 3.05) is 0 Å². The van der Waals surface area contributed by atoms with Gasteiger partial charge >= 0.3 is 0 Å². The van der Waals surface area contributed by atoms with Crippen LogP contribution in [0.25, 0.3) is 0 Å². The van der Waals surface area contributed by atoms with Gasteiger partial charge in [0.1, 0.15) is 12.4 Å². The number of imidazole rings is 1. The molecule has 2 unspecified atom stereocenters. The van der Waals surface area contributed by atoms with Crippen molar-refractivity contribution >= 4 is 0 Å². The topological polar surface area (TPSA) is 19.7 Å². The average Bonchev–Trinajstić information content (AvgIpc) is 3.38. The molecule has 1 heterocycles. The monoisotopic (exact) mass is 504 g/mol. The van der Waals surface area contributed by atoms with Crippen molar-refractivity contribution < 1.29 is 4.57 Å². The molecule has 2 atom stereocenters. The normalized spacial score (nSPS) is 13.3. The van der Waals surface area contributed by atoms with E-state index in [0.717, 1.165) is 0 Å². The van der Waals surface area contributed by atoms with E-state index >= 15 is 0 Å². The number of hydrogen-bond donors (Lipinski definition) is 1.